The van der Waals surface area contributed by atoms with Crippen LogP contribution in [0.25, 0.3) is 0 Å². The number of hydrogen-bond acceptors (Lipinski definition) is 1. The molecule has 1 fully saturated rings. The van der Waals surface area contributed by atoms with Crippen molar-refractivity contribution in [2.45, 2.75) is 32.2 Å². The van der Waals surface area contributed by atoms with Crippen LogP contribution in [0, 0.1) is 11.7 Å². The average Bonchev–Trinajstić information content (AvgIpc) is 2.67. The Hall–Kier alpha value is -0.640. The molecule has 0 unspecified atom stereocenters. The van der Waals surface area contributed by atoms with E-state index < -0.39 is 0 Å². The van der Waals surface area contributed by atoms with Crippen LogP contribution in [0.2, 0.25) is 0 Å². The second-order valence-corrected chi connectivity index (χ2v) is 4.96. The number of halogens is 2. The first-order valence-corrected chi connectivity index (χ1v) is 6.01. The van der Waals surface area contributed by atoms with Crippen molar-refractivity contribution < 1.29 is 4.39 Å². The van der Waals surface area contributed by atoms with Gasteiger partial charge in [0.25, 0.3) is 5.56 Å². The Morgan fingerprint density at radius 3 is 2.80 bits per heavy atom. The maximum Gasteiger partial charge on any atom is 0.251 e. The second-order valence-electron chi connectivity index (χ2n) is 4.11. The van der Waals surface area contributed by atoms with Crippen LogP contribution < -0.4 is 5.56 Å². The maximum absolute atomic E-state index is 13.2. The number of hydrogen-bond donors (Lipinski definition) is 0. The average molecular weight is 274 g/mol. The summed E-state index contributed by atoms with van der Waals surface area (Å²) in [7, 11) is 0. The zero-order chi connectivity index (χ0) is 10.8. The molecule has 1 saturated carbocycles. The highest BCUT2D eigenvalue weighted by atomic mass is 79.9. The fourth-order valence-corrected chi connectivity index (χ4v) is 2.43. The second kappa shape index (κ2) is 4.47. The lowest BCUT2D eigenvalue weighted by Gasteiger charge is -2.11. The molecule has 1 aliphatic rings. The molecule has 0 bridgehead atoms. The summed E-state index contributed by atoms with van der Waals surface area (Å²) in [6.07, 6.45) is 6.08. The Bertz CT molecular complexity index is 410. The lowest BCUT2D eigenvalue weighted by molar-refractivity contribution is 0.440. The van der Waals surface area contributed by atoms with Crippen LogP contribution in [0.1, 0.15) is 25.7 Å². The minimum atomic E-state index is -0.368. The smallest absolute Gasteiger partial charge is 0.251 e. The highest BCUT2D eigenvalue weighted by molar-refractivity contribution is 9.10. The normalized spacial score (nSPS) is 17.2. The molecule has 1 heterocycles. The summed E-state index contributed by atoms with van der Waals surface area (Å²) in [6.45, 7) is 0.656. The number of aromatic nitrogens is 1. The summed E-state index contributed by atoms with van der Waals surface area (Å²) >= 11 is 3.00. The summed E-state index contributed by atoms with van der Waals surface area (Å²) in [4.78, 5) is 11.5. The van der Waals surface area contributed by atoms with E-state index in [0.717, 1.165) is 12.8 Å². The van der Waals surface area contributed by atoms with E-state index in [1.807, 2.05) is 0 Å². The van der Waals surface area contributed by atoms with Gasteiger partial charge in [-0.1, -0.05) is 12.8 Å². The molecular formula is C11H13BrFNO. The first-order valence-electron chi connectivity index (χ1n) is 5.22. The van der Waals surface area contributed by atoms with Gasteiger partial charge in [-0.2, -0.15) is 0 Å². The molecule has 2 nitrogen and oxygen atoms in total. The molecule has 0 spiro atoms. The largest absolute Gasteiger partial charge is 0.312 e. The fraction of sp³-hybridized carbons (Fsp3) is 0.545. The van der Waals surface area contributed by atoms with Crippen LogP contribution in [0.4, 0.5) is 4.39 Å². The van der Waals surface area contributed by atoms with Gasteiger partial charge in [-0.15, -0.1) is 0 Å². The van der Waals surface area contributed by atoms with Crippen LogP contribution in [0.15, 0.2) is 21.5 Å². The molecule has 0 aliphatic heterocycles. The van der Waals surface area contributed by atoms with Crippen LogP contribution in [0.3, 0.4) is 0 Å². The number of nitrogens with zero attached hydrogens (tertiary/aromatic N) is 1. The Labute approximate surface area is 96.2 Å². The molecule has 0 radical (unpaired) electrons. The summed E-state index contributed by atoms with van der Waals surface area (Å²) in [5.41, 5.74) is -0.129. The van der Waals surface area contributed by atoms with E-state index in [4.69, 9.17) is 0 Å². The maximum atomic E-state index is 13.2. The quantitative estimate of drug-likeness (QED) is 0.812. The zero-order valence-corrected chi connectivity index (χ0v) is 9.96. The summed E-state index contributed by atoms with van der Waals surface area (Å²) in [5, 5.41) is 0. The minimum absolute atomic E-state index is 0.129. The van der Waals surface area contributed by atoms with Gasteiger partial charge in [0.1, 0.15) is 0 Å². The topological polar surface area (TPSA) is 22.0 Å². The van der Waals surface area contributed by atoms with Crippen molar-refractivity contribution in [2.75, 3.05) is 0 Å². The predicted molar refractivity (Wildman–Crippen MR) is 60.3 cm³/mol. The van der Waals surface area contributed by atoms with E-state index in [-0.39, 0.29) is 15.8 Å². The third kappa shape index (κ3) is 2.48. The predicted octanol–water partition coefficient (Wildman–Crippen LogP) is 2.94. The van der Waals surface area contributed by atoms with E-state index >= 15 is 0 Å². The van der Waals surface area contributed by atoms with E-state index in [1.54, 1.807) is 0 Å². The third-order valence-electron chi connectivity index (χ3n) is 2.96. The molecule has 1 aromatic rings. The lowest BCUT2D eigenvalue weighted by atomic mass is 10.1. The molecule has 15 heavy (non-hydrogen) atoms. The van der Waals surface area contributed by atoms with Crippen LogP contribution >= 0.6 is 15.9 Å². The van der Waals surface area contributed by atoms with Gasteiger partial charge in [-0.25, -0.2) is 4.39 Å². The Balaban J connectivity index is 2.20. The summed E-state index contributed by atoms with van der Waals surface area (Å²) < 4.78 is 15.0. The van der Waals surface area contributed by atoms with Gasteiger partial charge in [0.2, 0.25) is 0 Å². The molecule has 1 aliphatic carbocycles. The lowest BCUT2D eigenvalue weighted by Crippen LogP contribution is -2.22. The first kappa shape index (κ1) is 10.9. The number of pyridine rings is 1. The van der Waals surface area contributed by atoms with E-state index in [0.29, 0.717) is 12.5 Å². The van der Waals surface area contributed by atoms with Gasteiger partial charge in [0.05, 0.1) is 4.47 Å². The van der Waals surface area contributed by atoms with E-state index in [1.165, 1.54) is 29.7 Å². The molecule has 82 valence electrons. The highest BCUT2D eigenvalue weighted by Gasteiger charge is 2.16. The third-order valence-corrected chi connectivity index (χ3v) is 3.57. The van der Waals surface area contributed by atoms with Crippen LogP contribution in [-0.4, -0.2) is 4.57 Å². The monoisotopic (exact) mass is 273 g/mol. The highest BCUT2D eigenvalue weighted by Crippen LogP contribution is 2.25. The van der Waals surface area contributed by atoms with E-state index in [2.05, 4.69) is 15.9 Å². The van der Waals surface area contributed by atoms with Crippen molar-refractivity contribution >= 4 is 15.9 Å². The standard InChI is InChI=1S/C11H13BrFNO/c12-9-5-11(15)14(7-10(9)13)6-8-3-1-2-4-8/h5,7-8H,1-4,6H2. The van der Waals surface area contributed by atoms with Gasteiger partial charge in [0.15, 0.2) is 5.82 Å². The SMILES string of the molecule is O=c1cc(Br)c(F)cn1CC1CCCC1. The van der Waals surface area contributed by atoms with Crippen molar-refractivity contribution in [3.05, 3.63) is 32.9 Å². The molecule has 0 saturated heterocycles. The van der Waals surface area contributed by atoms with E-state index in [9.17, 15) is 9.18 Å². The minimum Gasteiger partial charge on any atom is -0.312 e. The summed E-state index contributed by atoms with van der Waals surface area (Å²) in [5.74, 6) is 0.177. The Kier molecular flexibility index (Phi) is 3.24. The molecule has 0 amide bonds. The van der Waals surface area contributed by atoms with Crippen molar-refractivity contribution in [3.8, 4) is 0 Å². The number of rotatable bonds is 2. The van der Waals surface area contributed by atoms with Crippen molar-refractivity contribution in [1.82, 2.24) is 4.57 Å². The molecule has 0 N–H and O–H groups in total. The molecule has 0 aromatic carbocycles. The van der Waals surface area contributed by atoms with Crippen molar-refractivity contribution in [2.24, 2.45) is 5.92 Å². The van der Waals surface area contributed by atoms with Crippen LogP contribution in [0.5, 0.6) is 0 Å². The molecule has 2 rings (SSSR count). The van der Waals surface area contributed by atoms with Gasteiger partial charge in [-0.3, -0.25) is 4.79 Å². The Morgan fingerprint density at radius 1 is 1.47 bits per heavy atom. The zero-order valence-electron chi connectivity index (χ0n) is 8.38. The van der Waals surface area contributed by atoms with Crippen molar-refractivity contribution in [3.63, 3.8) is 0 Å². The molecule has 0 atom stereocenters. The fourth-order valence-electron chi connectivity index (χ4n) is 2.14. The van der Waals surface area contributed by atoms with Gasteiger partial charge in [0, 0.05) is 18.8 Å². The first-order chi connectivity index (χ1) is 7.16. The Morgan fingerprint density at radius 2 is 2.13 bits per heavy atom. The van der Waals surface area contributed by atoms with Gasteiger partial charge in [-0.05, 0) is 34.7 Å². The molecule has 4 heteroatoms. The molecule has 1 aromatic heterocycles. The summed E-state index contributed by atoms with van der Waals surface area (Å²) in [6, 6.07) is 1.30. The van der Waals surface area contributed by atoms with Crippen molar-refractivity contribution in [1.29, 1.82) is 0 Å². The van der Waals surface area contributed by atoms with Gasteiger partial charge < -0.3 is 4.57 Å². The van der Waals surface area contributed by atoms with Gasteiger partial charge >= 0.3 is 0 Å². The molecular weight excluding hydrogens is 261 g/mol. The van der Waals surface area contributed by atoms with Crippen LogP contribution in [-0.2, 0) is 6.54 Å².